The Morgan fingerprint density at radius 3 is 3.00 bits per heavy atom. The van der Waals surface area contributed by atoms with Crippen LogP contribution in [-0.2, 0) is 0 Å². The molecule has 2 aliphatic heterocycles. The fourth-order valence-electron chi connectivity index (χ4n) is 3.46. The molecule has 1 fully saturated rings. The minimum atomic E-state index is 0.614. The van der Waals surface area contributed by atoms with E-state index in [0.29, 0.717) is 5.92 Å². The van der Waals surface area contributed by atoms with Crippen molar-refractivity contribution in [3.05, 3.63) is 29.8 Å². The third kappa shape index (κ3) is 3.15. The van der Waals surface area contributed by atoms with Crippen LogP contribution in [0, 0.1) is 5.92 Å². The molecule has 3 heteroatoms. The molecule has 3 rings (SSSR count). The predicted octanol–water partition coefficient (Wildman–Crippen LogP) is 2.48. The van der Waals surface area contributed by atoms with Gasteiger partial charge >= 0.3 is 0 Å². The van der Waals surface area contributed by atoms with Gasteiger partial charge in [-0.25, -0.2) is 0 Å². The van der Waals surface area contributed by atoms with Crippen LogP contribution in [0.3, 0.4) is 0 Å². The number of nitrogens with one attached hydrogen (secondary N) is 1. The van der Waals surface area contributed by atoms with Gasteiger partial charge in [-0.1, -0.05) is 25.1 Å². The summed E-state index contributed by atoms with van der Waals surface area (Å²) in [5.74, 6) is 2.54. The molecular weight excluding hydrogens is 248 g/mol. The number of ether oxygens (including phenoxy) is 1. The lowest BCUT2D eigenvalue weighted by Gasteiger charge is -2.26. The van der Waals surface area contributed by atoms with E-state index in [1.54, 1.807) is 0 Å². The minimum Gasteiger partial charge on any atom is -0.493 e. The molecule has 2 atom stereocenters. The Kier molecular flexibility index (Phi) is 4.58. The second kappa shape index (κ2) is 6.59. The second-order valence-corrected chi connectivity index (χ2v) is 6.08. The van der Waals surface area contributed by atoms with E-state index in [2.05, 4.69) is 41.4 Å². The maximum atomic E-state index is 5.73. The van der Waals surface area contributed by atoms with E-state index in [1.807, 2.05) is 0 Å². The summed E-state index contributed by atoms with van der Waals surface area (Å²) in [6, 6.07) is 8.50. The summed E-state index contributed by atoms with van der Waals surface area (Å²) in [4.78, 5) is 2.55. The second-order valence-electron chi connectivity index (χ2n) is 6.08. The SMILES string of the molecule is CCN1CCC(CNCC2CCOc3ccccc32)C1. The normalized spacial score (nSPS) is 26.2. The van der Waals surface area contributed by atoms with Crippen LogP contribution in [0.2, 0.25) is 0 Å². The van der Waals surface area contributed by atoms with E-state index in [0.717, 1.165) is 37.8 Å². The van der Waals surface area contributed by atoms with Crippen LogP contribution < -0.4 is 10.1 Å². The fourth-order valence-corrected chi connectivity index (χ4v) is 3.46. The fraction of sp³-hybridized carbons (Fsp3) is 0.647. The van der Waals surface area contributed by atoms with Gasteiger partial charge in [-0.05, 0) is 50.0 Å². The smallest absolute Gasteiger partial charge is 0.122 e. The molecule has 2 unspecified atom stereocenters. The van der Waals surface area contributed by atoms with Crippen LogP contribution in [0.4, 0.5) is 0 Å². The Morgan fingerprint density at radius 1 is 1.25 bits per heavy atom. The predicted molar refractivity (Wildman–Crippen MR) is 82.4 cm³/mol. The van der Waals surface area contributed by atoms with E-state index < -0.39 is 0 Å². The standard InChI is InChI=1S/C17H26N2O/c1-2-19-9-7-14(13-19)11-18-12-15-8-10-20-17-6-4-3-5-16(15)17/h3-6,14-15,18H,2,7-13H2,1H3. The zero-order chi connectivity index (χ0) is 13.8. The largest absolute Gasteiger partial charge is 0.493 e. The number of rotatable bonds is 5. The Bertz CT molecular complexity index is 435. The van der Waals surface area contributed by atoms with E-state index >= 15 is 0 Å². The molecule has 0 aliphatic carbocycles. The van der Waals surface area contributed by atoms with Crippen molar-refractivity contribution in [3.8, 4) is 5.75 Å². The lowest BCUT2D eigenvalue weighted by molar-refractivity contribution is 0.263. The highest BCUT2D eigenvalue weighted by Crippen LogP contribution is 2.32. The van der Waals surface area contributed by atoms with Crippen LogP contribution in [0.5, 0.6) is 5.75 Å². The van der Waals surface area contributed by atoms with Gasteiger partial charge in [-0.15, -0.1) is 0 Å². The van der Waals surface area contributed by atoms with Crippen molar-refractivity contribution in [1.29, 1.82) is 0 Å². The van der Waals surface area contributed by atoms with Crippen molar-refractivity contribution in [1.82, 2.24) is 10.2 Å². The first kappa shape index (κ1) is 13.9. The van der Waals surface area contributed by atoms with Crippen LogP contribution >= 0.6 is 0 Å². The summed E-state index contributed by atoms with van der Waals surface area (Å²) in [6.07, 6.45) is 2.49. The maximum absolute atomic E-state index is 5.73. The molecular formula is C17H26N2O. The third-order valence-electron chi connectivity index (χ3n) is 4.72. The summed E-state index contributed by atoms with van der Waals surface area (Å²) in [5, 5.41) is 3.70. The summed E-state index contributed by atoms with van der Waals surface area (Å²) in [7, 11) is 0. The summed E-state index contributed by atoms with van der Waals surface area (Å²) in [5.41, 5.74) is 1.38. The van der Waals surface area contributed by atoms with Gasteiger partial charge in [0.1, 0.15) is 5.75 Å². The molecule has 3 nitrogen and oxygen atoms in total. The van der Waals surface area contributed by atoms with Gasteiger partial charge in [0.15, 0.2) is 0 Å². The number of hydrogen-bond donors (Lipinski definition) is 1. The van der Waals surface area contributed by atoms with Gasteiger partial charge in [0.05, 0.1) is 6.61 Å². The number of benzene rings is 1. The maximum Gasteiger partial charge on any atom is 0.122 e. The Balaban J connectivity index is 1.48. The lowest BCUT2D eigenvalue weighted by Crippen LogP contribution is -2.31. The highest BCUT2D eigenvalue weighted by Gasteiger charge is 2.23. The number of fused-ring (bicyclic) bond motifs is 1. The van der Waals surface area contributed by atoms with E-state index in [1.165, 1.54) is 31.6 Å². The Labute approximate surface area is 122 Å². The minimum absolute atomic E-state index is 0.614. The van der Waals surface area contributed by atoms with Crippen molar-refractivity contribution in [3.63, 3.8) is 0 Å². The topological polar surface area (TPSA) is 24.5 Å². The monoisotopic (exact) mass is 274 g/mol. The molecule has 2 aliphatic rings. The van der Waals surface area contributed by atoms with Gasteiger partial charge in [0.2, 0.25) is 0 Å². The molecule has 0 radical (unpaired) electrons. The lowest BCUT2D eigenvalue weighted by atomic mass is 9.93. The zero-order valence-corrected chi connectivity index (χ0v) is 12.5. The van der Waals surface area contributed by atoms with E-state index in [-0.39, 0.29) is 0 Å². The van der Waals surface area contributed by atoms with Gasteiger partial charge in [-0.2, -0.15) is 0 Å². The van der Waals surface area contributed by atoms with Crippen molar-refractivity contribution < 1.29 is 4.74 Å². The highest BCUT2D eigenvalue weighted by molar-refractivity contribution is 5.37. The van der Waals surface area contributed by atoms with Crippen LogP contribution in [0.15, 0.2) is 24.3 Å². The number of para-hydroxylation sites is 1. The number of hydrogen-bond acceptors (Lipinski definition) is 3. The average Bonchev–Trinajstić information content (AvgIpc) is 2.95. The molecule has 110 valence electrons. The number of nitrogens with zero attached hydrogens (tertiary/aromatic N) is 1. The molecule has 0 bridgehead atoms. The van der Waals surface area contributed by atoms with Crippen LogP contribution in [0.25, 0.3) is 0 Å². The van der Waals surface area contributed by atoms with E-state index in [4.69, 9.17) is 4.74 Å². The first-order chi connectivity index (χ1) is 9.86. The van der Waals surface area contributed by atoms with Crippen molar-refractivity contribution in [2.24, 2.45) is 5.92 Å². The molecule has 0 spiro atoms. The van der Waals surface area contributed by atoms with Crippen molar-refractivity contribution in [2.45, 2.75) is 25.7 Å². The van der Waals surface area contributed by atoms with Gasteiger partial charge in [0.25, 0.3) is 0 Å². The van der Waals surface area contributed by atoms with Crippen LogP contribution in [-0.4, -0.2) is 44.2 Å². The molecule has 20 heavy (non-hydrogen) atoms. The Hall–Kier alpha value is -1.06. The van der Waals surface area contributed by atoms with Gasteiger partial charge in [0, 0.05) is 19.0 Å². The average molecular weight is 274 g/mol. The molecule has 0 aromatic heterocycles. The molecule has 1 aromatic carbocycles. The number of likely N-dealkylation sites (tertiary alicyclic amines) is 1. The summed E-state index contributed by atoms with van der Waals surface area (Å²) < 4.78 is 5.73. The highest BCUT2D eigenvalue weighted by atomic mass is 16.5. The third-order valence-corrected chi connectivity index (χ3v) is 4.72. The molecule has 1 N–H and O–H groups in total. The van der Waals surface area contributed by atoms with E-state index in [9.17, 15) is 0 Å². The van der Waals surface area contributed by atoms with Crippen molar-refractivity contribution >= 4 is 0 Å². The first-order valence-corrected chi connectivity index (χ1v) is 8.01. The Morgan fingerprint density at radius 2 is 2.15 bits per heavy atom. The van der Waals surface area contributed by atoms with Crippen molar-refractivity contribution in [2.75, 3.05) is 39.3 Å². The van der Waals surface area contributed by atoms with Crippen LogP contribution in [0.1, 0.15) is 31.2 Å². The van der Waals surface area contributed by atoms with Gasteiger partial charge < -0.3 is 15.0 Å². The summed E-state index contributed by atoms with van der Waals surface area (Å²) >= 11 is 0. The quantitative estimate of drug-likeness (QED) is 0.893. The molecule has 1 aromatic rings. The summed E-state index contributed by atoms with van der Waals surface area (Å²) in [6.45, 7) is 9.12. The molecule has 1 saturated heterocycles. The van der Waals surface area contributed by atoms with Gasteiger partial charge in [-0.3, -0.25) is 0 Å². The molecule has 2 heterocycles. The molecule has 0 amide bonds. The zero-order valence-electron chi connectivity index (χ0n) is 12.5. The first-order valence-electron chi connectivity index (χ1n) is 8.01. The molecule has 0 saturated carbocycles.